The van der Waals surface area contributed by atoms with E-state index < -0.39 is 5.82 Å². The van der Waals surface area contributed by atoms with Gasteiger partial charge in [0, 0.05) is 6.07 Å². The fraction of sp³-hybridized carbons (Fsp3) is 0.700. The lowest BCUT2D eigenvalue weighted by molar-refractivity contribution is -0.144. The normalized spacial score (nSPS) is 31.7. The monoisotopic (exact) mass is 470 g/mol. The van der Waals surface area contributed by atoms with Crippen molar-refractivity contribution >= 4 is 5.97 Å². The van der Waals surface area contributed by atoms with Crippen molar-refractivity contribution in [3.8, 4) is 11.5 Å². The summed E-state index contributed by atoms with van der Waals surface area (Å²) in [5, 5.41) is 0. The number of carbonyl (C=O) groups is 1. The fourth-order valence-corrected chi connectivity index (χ4v) is 7.16. The van der Waals surface area contributed by atoms with Crippen LogP contribution in [0.15, 0.2) is 30.4 Å². The highest BCUT2D eigenvalue weighted by Crippen LogP contribution is 2.50. The smallest absolute Gasteiger partial charge is 0.314 e. The zero-order valence-corrected chi connectivity index (χ0v) is 21.1. The van der Waals surface area contributed by atoms with Gasteiger partial charge in [-0.2, -0.15) is 0 Å². The van der Waals surface area contributed by atoms with Gasteiger partial charge in [-0.3, -0.25) is 4.79 Å². The fourth-order valence-electron chi connectivity index (χ4n) is 7.16. The lowest BCUT2D eigenvalue weighted by Crippen LogP contribution is -2.40. The highest BCUT2D eigenvalue weighted by atomic mass is 19.1. The Kier molecular flexibility index (Phi) is 9.08. The molecule has 4 atom stereocenters. The Morgan fingerprint density at radius 3 is 2.56 bits per heavy atom. The van der Waals surface area contributed by atoms with Gasteiger partial charge in [0.05, 0.1) is 5.92 Å². The van der Waals surface area contributed by atoms with Crippen LogP contribution in [0.3, 0.4) is 0 Å². The van der Waals surface area contributed by atoms with Gasteiger partial charge in [0.25, 0.3) is 0 Å². The first-order chi connectivity index (χ1) is 16.6. The summed E-state index contributed by atoms with van der Waals surface area (Å²) < 4.78 is 25.7. The number of ether oxygens (including phenoxy) is 2. The van der Waals surface area contributed by atoms with Crippen LogP contribution in [-0.2, 0) is 4.79 Å². The zero-order chi connectivity index (χ0) is 23.9. The number of halogens is 1. The molecule has 3 fully saturated rings. The molecular formula is C30H43FO3. The molecule has 4 heteroatoms. The van der Waals surface area contributed by atoms with Crippen LogP contribution in [0.4, 0.5) is 4.39 Å². The first-order valence-corrected chi connectivity index (χ1v) is 13.8. The maximum absolute atomic E-state index is 14.6. The van der Waals surface area contributed by atoms with E-state index in [0.29, 0.717) is 24.2 Å². The highest BCUT2D eigenvalue weighted by Gasteiger charge is 2.43. The van der Waals surface area contributed by atoms with E-state index in [1.807, 2.05) is 19.1 Å². The molecule has 0 heterocycles. The van der Waals surface area contributed by atoms with Crippen molar-refractivity contribution in [2.24, 2.45) is 35.5 Å². The molecule has 4 rings (SSSR count). The number of benzene rings is 1. The minimum atomic E-state index is -0.541. The summed E-state index contributed by atoms with van der Waals surface area (Å²) in [6, 6.07) is 4.49. The van der Waals surface area contributed by atoms with Crippen LogP contribution in [-0.4, -0.2) is 12.6 Å². The first kappa shape index (κ1) is 25.3. The summed E-state index contributed by atoms with van der Waals surface area (Å²) >= 11 is 0. The predicted octanol–water partition coefficient (Wildman–Crippen LogP) is 8.13. The van der Waals surface area contributed by atoms with Crippen molar-refractivity contribution in [1.29, 1.82) is 0 Å². The average Bonchev–Trinajstić information content (AvgIpc) is 2.85. The van der Waals surface area contributed by atoms with Crippen LogP contribution in [0.25, 0.3) is 0 Å². The van der Waals surface area contributed by atoms with Gasteiger partial charge in [-0.15, -0.1) is 0 Å². The molecule has 3 aliphatic carbocycles. The molecule has 3 nitrogen and oxygen atoms in total. The van der Waals surface area contributed by atoms with E-state index in [1.54, 1.807) is 6.07 Å². The van der Waals surface area contributed by atoms with Crippen molar-refractivity contribution in [3.05, 3.63) is 36.2 Å². The van der Waals surface area contributed by atoms with Gasteiger partial charge in [-0.1, -0.05) is 57.6 Å². The van der Waals surface area contributed by atoms with Gasteiger partial charge in [-0.05, 0) is 87.2 Å². The zero-order valence-electron chi connectivity index (χ0n) is 21.1. The van der Waals surface area contributed by atoms with E-state index in [9.17, 15) is 9.18 Å². The lowest BCUT2D eigenvalue weighted by atomic mass is 9.59. The van der Waals surface area contributed by atoms with Crippen LogP contribution in [0.2, 0.25) is 0 Å². The second kappa shape index (κ2) is 12.2. The van der Waals surface area contributed by atoms with Crippen molar-refractivity contribution in [3.63, 3.8) is 0 Å². The standard InChI is InChI=1S/C30H43FO3/c1-3-5-18-33-25-15-17-29(28(31)20-25)34-30(32)27-9-6-8-24-19-23(14-16-26(24)27)22-12-10-21(7-4-2)11-13-22/h3,5,15,17,20-24,26-27H,4,6-14,16,18-19H2,1-2H3/b5-3+. The summed E-state index contributed by atoms with van der Waals surface area (Å²) in [5.74, 6) is 3.31. The number of hydrogen-bond acceptors (Lipinski definition) is 3. The van der Waals surface area contributed by atoms with Crippen LogP contribution in [0.5, 0.6) is 11.5 Å². The molecule has 3 saturated carbocycles. The molecule has 0 bridgehead atoms. The Morgan fingerprint density at radius 1 is 1.03 bits per heavy atom. The Morgan fingerprint density at radius 2 is 1.82 bits per heavy atom. The molecule has 0 aromatic heterocycles. The Bertz CT molecular complexity index is 826. The summed E-state index contributed by atoms with van der Waals surface area (Å²) in [6.45, 7) is 4.61. The molecule has 3 aliphatic rings. The Labute approximate surface area is 205 Å². The summed E-state index contributed by atoms with van der Waals surface area (Å²) in [7, 11) is 0. The third-order valence-corrected chi connectivity index (χ3v) is 8.94. The highest BCUT2D eigenvalue weighted by molar-refractivity contribution is 5.75. The number of hydrogen-bond donors (Lipinski definition) is 0. The maximum atomic E-state index is 14.6. The van der Waals surface area contributed by atoms with E-state index in [4.69, 9.17) is 9.47 Å². The third kappa shape index (κ3) is 6.23. The van der Waals surface area contributed by atoms with E-state index in [-0.39, 0.29) is 17.6 Å². The van der Waals surface area contributed by atoms with Gasteiger partial charge in [0.1, 0.15) is 12.4 Å². The number of carbonyl (C=O) groups excluding carboxylic acids is 1. The van der Waals surface area contributed by atoms with Crippen LogP contribution in [0, 0.1) is 41.3 Å². The van der Waals surface area contributed by atoms with Crippen molar-refractivity contribution in [2.75, 3.05) is 6.61 Å². The largest absolute Gasteiger partial charge is 0.489 e. The third-order valence-electron chi connectivity index (χ3n) is 8.94. The molecule has 0 spiro atoms. The number of fused-ring (bicyclic) bond motifs is 1. The van der Waals surface area contributed by atoms with Gasteiger partial charge < -0.3 is 9.47 Å². The molecule has 0 amide bonds. The number of allylic oxidation sites excluding steroid dienone is 1. The minimum absolute atomic E-state index is 0.0167. The predicted molar refractivity (Wildman–Crippen MR) is 134 cm³/mol. The molecule has 188 valence electrons. The molecule has 0 N–H and O–H groups in total. The second-order valence-corrected chi connectivity index (χ2v) is 11.0. The summed E-state index contributed by atoms with van der Waals surface area (Å²) in [4.78, 5) is 13.1. The van der Waals surface area contributed by atoms with Gasteiger partial charge in [-0.25, -0.2) is 4.39 Å². The molecule has 0 aliphatic heterocycles. The minimum Gasteiger partial charge on any atom is -0.489 e. The molecule has 34 heavy (non-hydrogen) atoms. The average molecular weight is 471 g/mol. The van der Waals surface area contributed by atoms with E-state index in [1.165, 1.54) is 69.9 Å². The second-order valence-electron chi connectivity index (χ2n) is 11.0. The molecule has 4 unspecified atom stereocenters. The van der Waals surface area contributed by atoms with E-state index >= 15 is 0 Å². The van der Waals surface area contributed by atoms with Crippen molar-refractivity contribution in [2.45, 2.75) is 90.9 Å². The SMILES string of the molecule is C/C=C/COc1ccc(OC(=O)C2CCCC3CC(C4CCC(CCC)CC4)CCC32)c(F)c1. The number of rotatable bonds is 8. The number of esters is 1. The van der Waals surface area contributed by atoms with Crippen molar-refractivity contribution in [1.82, 2.24) is 0 Å². The van der Waals surface area contributed by atoms with Gasteiger partial charge in [0.15, 0.2) is 11.6 Å². The van der Waals surface area contributed by atoms with Crippen molar-refractivity contribution < 1.29 is 18.7 Å². The Hall–Kier alpha value is -1.84. The molecule has 1 aromatic rings. The quantitative estimate of drug-likeness (QED) is 0.219. The van der Waals surface area contributed by atoms with Crippen LogP contribution >= 0.6 is 0 Å². The van der Waals surface area contributed by atoms with E-state index in [0.717, 1.165) is 37.0 Å². The van der Waals surface area contributed by atoms with Gasteiger partial charge >= 0.3 is 5.97 Å². The molecular weight excluding hydrogens is 427 g/mol. The first-order valence-electron chi connectivity index (χ1n) is 13.8. The molecule has 1 aromatic carbocycles. The maximum Gasteiger partial charge on any atom is 0.314 e. The lowest BCUT2D eigenvalue weighted by Gasteiger charge is -2.46. The molecule has 0 radical (unpaired) electrons. The van der Waals surface area contributed by atoms with Crippen LogP contribution in [0.1, 0.15) is 90.9 Å². The Balaban J connectivity index is 1.31. The van der Waals surface area contributed by atoms with Gasteiger partial charge in [0.2, 0.25) is 0 Å². The topological polar surface area (TPSA) is 35.5 Å². The van der Waals surface area contributed by atoms with Crippen LogP contribution < -0.4 is 9.47 Å². The summed E-state index contributed by atoms with van der Waals surface area (Å²) in [5.41, 5.74) is 0. The van der Waals surface area contributed by atoms with E-state index in [2.05, 4.69) is 6.92 Å². The molecule has 0 saturated heterocycles. The summed E-state index contributed by atoms with van der Waals surface area (Å²) in [6.07, 6.45) is 19.0.